The van der Waals surface area contributed by atoms with Gasteiger partial charge in [-0.2, -0.15) is 0 Å². The van der Waals surface area contributed by atoms with Crippen LogP contribution >= 0.6 is 0 Å². The summed E-state index contributed by atoms with van der Waals surface area (Å²) in [6.07, 6.45) is 2.09. The molecule has 0 aromatic heterocycles. The first-order valence-corrected chi connectivity index (χ1v) is 8.37. The fraction of sp³-hybridized carbons (Fsp3) is 0.400. The molecule has 0 amide bonds. The summed E-state index contributed by atoms with van der Waals surface area (Å²) in [7, 11) is 0. The van der Waals surface area contributed by atoms with E-state index in [1.54, 1.807) is 27.7 Å². The first kappa shape index (κ1) is 36.9. The lowest BCUT2D eigenvalue weighted by Crippen LogP contribution is -1.95. The van der Waals surface area contributed by atoms with Crippen molar-refractivity contribution < 1.29 is 39.6 Å². The molecular weight excluding hydrogens is 396 g/mol. The normalized spacial score (nSPS) is 7.86. The number of rotatable bonds is 8. The zero-order chi connectivity index (χ0) is 23.4. The van der Waals surface area contributed by atoms with Crippen LogP contribution in [0.2, 0.25) is 0 Å². The molecule has 0 aliphatic carbocycles. The molecule has 4 N–H and O–H groups in total. The van der Waals surface area contributed by atoms with Crippen LogP contribution in [0.5, 0.6) is 0 Å². The predicted octanol–water partition coefficient (Wildman–Crippen LogP) is 2.70. The summed E-state index contributed by atoms with van der Waals surface area (Å²) in [5, 5.41) is 32.3. The smallest absolute Gasteiger partial charge is 0.330 e. The van der Waals surface area contributed by atoms with E-state index in [0.29, 0.717) is 25.7 Å². The van der Waals surface area contributed by atoms with E-state index in [0.717, 1.165) is 0 Å². The third kappa shape index (κ3) is 30.0. The molecule has 0 atom stereocenters. The number of hydrogen-bond acceptors (Lipinski definition) is 4. The summed E-state index contributed by atoms with van der Waals surface area (Å²) in [6, 6.07) is 0. The maximum Gasteiger partial charge on any atom is 0.330 e. The predicted molar refractivity (Wildman–Crippen MR) is 120 cm³/mol. The van der Waals surface area contributed by atoms with Gasteiger partial charge in [-0.3, -0.25) is 0 Å². The van der Waals surface area contributed by atoms with E-state index in [1.807, 2.05) is 0 Å². The summed E-state index contributed by atoms with van der Waals surface area (Å²) in [4.78, 5) is 39.3. The van der Waals surface area contributed by atoms with Gasteiger partial charge in [0, 0.05) is 22.3 Å². The molecule has 0 aromatic rings. The molecule has 8 nitrogen and oxygen atoms in total. The largest absolute Gasteiger partial charge is 0.478 e. The van der Waals surface area contributed by atoms with Gasteiger partial charge in [-0.05, 0) is 36.6 Å². The van der Waals surface area contributed by atoms with Crippen LogP contribution in [0, 0.1) is 0 Å². The van der Waals surface area contributed by atoms with Gasteiger partial charge in [-0.15, -0.1) is 0 Å². The van der Waals surface area contributed by atoms with Crippen LogP contribution in [0.4, 0.5) is 0 Å². The van der Waals surface area contributed by atoms with Gasteiger partial charge in [0.25, 0.3) is 0 Å². The summed E-state index contributed by atoms with van der Waals surface area (Å²) in [6.45, 7) is 20.1. The second kappa shape index (κ2) is 23.1. The lowest BCUT2D eigenvalue weighted by Gasteiger charge is -1.87. The molecule has 29 heavy (non-hydrogen) atoms. The second-order valence-corrected chi connectivity index (χ2v) is 5.05. The molecule has 0 aliphatic rings. The molecule has 0 saturated carbocycles. The highest BCUT2D eigenvalue weighted by molar-refractivity contribution is 5.86. The number of carboxylic acid groups (broad SMARTS) is 4. The van der Waals surface area contributed by atoms with Crippen LogP contribution in [-0.4, -0.2) is 55.3 Å². The lowest BCUT2D eigenvalue weighted by molar-refractivity contribution is -0.133. The minimum Gasteiger partial charge on any atom is -0.478 e. The maximum atomic E-state index is 9.83. The Morgan fingerprint density at radius 1 is 0.483 bits per heavy atom. The van der Waals surface area contributed by atoms with E-state index < -0.39 is 23.9 Å². The Morgan fingerprint density at radius 3 is 0.586 bits per heavy atom. The molecule has 0 unspecified atom stereocenters. The Hall–Kier alpha value is -2.94. The third-order valence-electron chi connectivity index (χ3n) is 2.92. The monoisotopic (exact) mass is 432 g/mol. The molecule has 0 spiro atoms. The molecule has 0 rings (SSSR count). The summed E-state index contributed by atoms with van der Waals surface area (Å²) in [5.41, 5.74) is 1.06. The van der Waals surface area contributed by atoms with Gasteiger partial charge < -0.3 is 20.4 Å². The SMILES string of the molecule is C=C(CC)C(=O)O.C=C(CC)C(=O)O.C=C(CC)C(=O)O.C=C(CC)C(=O)O.[SiH4]. The fourth-order valence-electron chi connectivity index (χ4n) is 0.605. The van der Waals surface area contributed by atoms with E-state index in [-0.39, 0.29) is 33.3 Å². The minimum absolute atomic E-state index is 0. The van der Waals surface area contributed by atoms with Crippen LogP contribution < -0.4 is 0 Å². The topological polar surface area (TPSA) is 149 Å². The average molecular weight is 433 g/mol. The molecule has 0 heterocycles. The molecule has 0 fully saturated rings. The van der Waals surface area contributed by atoms with Crippen molar-refractivity contribution in [3.05, 3.63) is 48.6 Å². The van der Waals surface area contributed by atoms with Crippen molar-refractivity contribution in [2.24, 2.45) is 0 Å². The molecule has 0 saturated heterocycles. The number of carbonyl (C=O) groups is 4. The summed E-state index contributed by atoms with van der Waals surface area (Å²) < 4.78 is 0. The van der Waals surface area contributed by atoms with Crippen molar-refractivity contribution in [3.63, 3.8) is 0 Å². The Bertz CT molecular complexity index is 487. The Labute approximate surface area is 177 Å². The van der Waals surface area contributed by atoms with Crippen molar-refractivity contribution in [2.75, 3.05) is 0 Å². The second-order valence-electron chi connectivity index (χ2n) is 5.05. The van der Waals surface area contributed by atoms with Gasteiger partial charge in [-0.25, -0.2) is 19.2 Å². The van der Waals surface area contributed by atoms with E-state index >= 15 is 0 Å². The van der Waals surface area contributed by atoms with Gasteiger partial charge >= 0.3 is 23.9 Å². The van der Waals surface area contributed by atoms with Gasteiger partial charge in [0.2, 0.25) is 0 Å². The van der Waals surface area contributed by atoms with Gasteiger partial charge in [-0.1, -0.05) is 54.0 Å². The number of carboxylic acids is 4. The molecule has 9 heteroatoms. The summed E-state index contributed by atoms with van der Waals surface area (Å²) >= 11 is 0. The van der Waals surface area contributed by atoms with Crippen LogP contribution in [0.25, 0.3) is 0 Å². The highest BCUT2D eigenvalue weighted by Gasteiger charge is 1.98. The Balaban J connectivity index is -0.0000000873. The maximum absolute atomic E-state index is 9.83. The van der Waals surface area contributed by atoms with Crippen LogP contribution in [0.3, 0.4) is 0 Å². The van der Waals surface area contributed by atoms with Crippen LogP contribution in [0.1, 0.15) is 53.4 Å². The number of hydrogen-bond donors (Lipinski definition) is 4. The van der Waals surface area contributed by atoms with E-state index in [1.165, 1.54) is 0 Å². The van der Waals surface area contributed by atoms with E-state index in [9.17, 15) is 19.2 Å². The summed E-state index contributed by atoms with van der Waals surface area (Å²) in [5.74, 6) is -3.60. The molecule has 0 aliphatic heterocycles. The van der Waals surface area contributed by atoms with Crippen molar-refractivity contribution >= 4 is 34.8 Å². The molecular formula is C20H36O8Si. The Kier molecular flexibility index (Phi) is 29.4. The van der Waals surface area contributed by atoms with Gasteiger partial charge in [0.15, 0.2) is 0 Å². The molecule has 0 bridgehead atoms. The zero-order valence-electron chi connectivity index (χ0n) is 17.1. The van der Waals surface area contributed by atoms with Crippen molar-refractivity contribution in [2.45, 2.75) is 53.4 Å². The zero-order valence-corrected chi connectivity index (χ0v) is 17.1. The third-order valence-corrected chi connectivity index (χ3v) is 2.92. The van der Waals surface area contributed by atoms with Crippen molar-refractivity contribution in [1.82, 2.24) is 0 Å². The Morgan fingerprint density at radius 2 is 0.586 bits per heavy atom. The van der Waals surface area contributed by atoms with Crippen LogP contribution in [-0.2, 0) is 19.2 Å². The van der Waals surface area contributed by atoms with Crippen LogP contribution in [0.15, 0.2) is 48.6 Å². The highest BCUT2D eigenvalue weighted by Crippen LogP contribution is 1.94. The average Bonchev–Trinajstić information content (AvgIpc) is 2.66. The van der Waals surface area contributed by atoms with E-state index in [2.05, 4.69) is 26.3 Å². The van der Waals surface area contributed by atoms with Gasteiger partial charge in [0.05, 0.1) is 0 Å². The molecule has 0 radical (unpaired) electrons. The van der Waals surface area contributed by atoms with Crippen molar-refractivity contribution in [1.29, 1.82) is 0 Å². The highest BCUT2D eigenvalue weighted by atomic mass is 28.1. The van der Waals surface area contributed by atoms with Crippen molar-refractivity contribution in [3.8, 4) is 0 Å². The quantitative estimate of drug-likeness (QED) is 0.338. The fourth-order valence-corrected chi connectivity index (χ4v) is 0.605. The van der Waals surface area contributed by atoms with Gasteiger partial charge in [0.1, 0.15) is 0 Å². The van der Waals surface area contributed by atoms with E-state index in [4.69, 9.17) is 20.4 Å². The minimum atomic E-state index is -0.900. The first-order valence-electron chi connectivity index (χ1n) is 8.37. The number of aliphatic carboxylic acids is 4. The molecule has 168 valence electrons. The standard InChI is InChI=1S/4C5H8O2.H4Si/c4*1-3-4(2)5(6)7;/h4*2-3H2,1H3,(H,6,7);1H4. The lowest BCUT2D eigenvalue weighted by atomic mass is 10.2. The first-order chi connectivity index (χ1) is 12.7. The molecule has 0 aromatic carbocycles.